The van der Waals surface area contributed by atoms with Crippen molar-refractivity contribution >= 4 is 5.91 Å². The third-order valence-corrected chi connectivity index (χ3v) is 4.43. The van der Waals surface area contributed by atoms with Gasteiger partial charge in [0.05, 0.1) is 18.6 Å². The number of aliphatic hydroxyl groups excluding tert-OH is 1. The fourth-order valence-electron chi connectivity index (χ4n) is 2.64. The number of carbonyl (C=O) groups excluding carboxylic acids is 1. The van der Waals surface area contributed by atoms with Crippen LogP contribution in [-0.2, 0) is 0 Å². The van der Waals surface area contributed by atoms with E-state index in [0.717, 1.165) is 5.69 Å². The van der Waals surface area contributed by atoms with Crippen LogP contribution in [0.15, 0.2) is 42.9 Å². The molecule has 110 valence electrons. The highest BCUT2D eigenvalue weighted by atomic mass is 16.3. The fourth-order valence-corrected chi connectivity index (χ4v) is 2.64. The van der Waals surface area contributed by atoms with Gasteiger partial charge in [-0.15, -0.1) is 0 Å². The highest BCUT2D eigenvalue weighted by Gasteiger charge is 2.48. The molecule has 1 heterocycles. The molecule has 5 heteroatoms. The molecule has 1 aromatic heterocycles. The average Bonchev–Trinajstić information content (AvgIpc) is 2.97. The van der Waals surface area contributed by atoms with Crippen molar-refractivity contribution in [3.05, 3.63) is 48.5 Å². The van der Waals surface area contributed by atoms with Crippen LogP contribution in [0.4, 0.5) is 0 Å². The zero-order chi connectivity index (χ0) is 15.0. The molecule has 2 unspecified atom stereocenters. The van der Waals surface area contributed by atoms with Crippen molar-refractivity contribution < 1.29 is 9.90 Å². The van der Waals surface area contributed by atoms with Gasteiger partial charge in [0, 0.05) is 17.1 Å². The second kappa shape index (κ2) is 5.00. The van der Waals surface area contributed by atoms with Gasteiger partial charge in [-0.05, 0) is 18.6 Å². The first kappa shape index (κ1) is 13.8. The van der Waals surface area contributed by atoms with E-state index >= 15 is 0 Å². The van der Waals surface area contributed by atoms with Crippen LogP contribution in [-0.4, -0.2) is 32.7 Å². The maximum Gasteiger partial charge on any atom is 0.270 e. The van der Waals surface area contributed by atoms with E-state index in [2.05, 4.69) is 10.3 Å². The summed E-state index contributed by atoms with van der Waals surface area (Å²) >= 11 is 0. The smallest absolute Gasteiger partial charge is 0.270 e. The van der Waals surface area contributed by atoms with Crippen molar-refractivity contribution in [1.29, 1.82) is 0 Å². The molecule has 0 spiro atoms. The highest BCUT2D eigenvalue weighted by molar-refractivity contribution is 5.93. The number of rotatable bonds is 3. The lowest BCUT2D eigenvalue weighted by atomic mass is 9.64. The number of nitrogens with one attached hydrogen (secondary N) is 1. The maximum atomic E-state index is 12.4. The predicted octanol–water partition coefficient (Wildman–Crippen LogP) is 1.76. The Bertz CT molecular complexity index is 649. The summed E-state index contributed by atoms with van der Waals surface area (Å²) in [6.07, 6.45) is 3.43. The van der Waals surface area contributed by atoms with E-state index in [1.807, 2.05) is 44.2 Å². The Kier molecular flexibility index (Phi) is 3.29. The second-order valence-electron chi connectivity index (χ2n) is 6.08. The standard InChI is InChI=1S/C16H19N3O2/c1-16(2)13(8-14(16)20)18-15(21)12-9-17-10-19(12)11-6-4-3-5-7-11/h3-7,9-10,13-14,20H,8H2,1-2H3,(H,18,21). The molecule has 0 aliphatic heterocycles. The Hall–Kier alpha value is -2.14. The lowest BCUT2D eigenvalue weighted by molar-refractivity contribution is -0.0690. The first-order valence-electron chi connectivity index (χ1n) is 7.07. The van der Waals surface area contributed by atoms with Crippen LogP contribution < -0.4 is 5.32 Å². The van der Waals surface area contributed by atoms with Gasteiger partial charge in [-0.2, -0.15) is 0 Å². The van der Waals surface area contributed by atoms with Crippen LogP contribution in [0.5, 0.6) is 0 Å². The first-order valence-corrected chi connectivity index (χ1v) is 7.07. The van der Waals surface area contributed by atoms with E-state index in [-0.39, 0.29) is 23.5 Å². The normalized spacial score (nSPS) is 23.4. The van der Waals surface area contributed by atoms with Gasteiger partial charge in [0.25, 0.3) is 5.91 Å². The molecule has 1 aliphatic rings. The van der Waals surface area contributed by atoms with Crippen LogP contribution in [0.3, 0.4) is 0 Å². The SMILES string of the molecule is CC1(C)C(O)CC1NC(=O)c1cncn1-c1ccccc1. The van der Waals surface area contributed by atoms with E-state index in [0.29, 0.717) is 12.1 Å². The number of aromatic nitrogens is 2. The zero-order valence-electron chi connectivity index (χ0n) is 12.2. The summed E-state index contributed by atoms with van der Waals surface area (Å²) in [5, 5.41) is 12.7. The third kappa shape index (κ3) is 2.34. The second-order valence-corrected chi connectivity index (χ2v) is 6.08. The Labute approximate surface area is 123 Å². The van der Waals surface area contributed by atoms with Crippen molar-refractivity contribution in [2.45, 2.75) is 32.4 Å². The van der Waals surface area contributed by atoms with E-state index in [9.17, 15) is 9.90 Å². The maximum absolute atomic E-state index is 12.4. The molecule has 21 heavy (non-hydrogen) atoms. The number of nitrogens with zero attached hydrogens (tertiary/aromatic N) is 2. The van der Waals surface area contributed by atoms with Gasteiger partial charge in [0.2, 0.25) is 0 Å². The number of aliphatic hydroxyl groups is 1. The lowest BCUT2D eigenvalue weighted by Gasteiger charge is -2.49. The van der Waals surface area contributed by atoms with Crippen molar-refractivity contribution in [2.24, 2.45) is 5.41 Å². The Morgan fingerprint density at radius 2 is 2.10 bits per heavy atom. The minimum atomic E-state index is -0.359. The van der Waals surface area contributed by atoms with Crippen molar-refractivity contribution in [3.8, 4) is 5.69 Å². The molecule has 3 rings (SSSR count). The Morgan fingerprint density at radius 3 is 2.71 bits per heavy atom. The summed E-state index contributed by atoms with van der Waals surface area (Å²) < 4.78 is 1.76. The van der Waals surface area contributed by atoms with Crippen LogP contribution >= 0.6 is 0 Å². The third-order valence-electron chi connectivity index (χ3n) is 4.43. The topological polar surface area (TPSA) is 67.2 Å². The summed E-state index contributed by atoms with van der Waals surface area (Å²) in [5.74, 6) is -0.165. The molecule has 2 atom stereocenters. The number of hydrogen-bond acceptors (Lipinski definition) is 3. The largest absolute Gasteiger partial charge is 0.392 e. The monoisotopic (exact) mass is 285 g/mol. The number of carbonyl (C=O) groups is 1. The molecule has 1 saturated carbocycles. The number of benzene rings is 1. The van der Waals surface area contributed by atoms with Gasteiger partial charge >= 0.3 is 0 Å². The molecule has 5 nitrogen and oxygen atoms in total. The molecule has 1 fully saturated rings. The number of hydrogen-bond donors (Lipinski definition) is 2. The van der Waals surface area contributed by atoms with Gasteiger partial charge in [-0.1, -0.05) is 32.0 Å². The van der Waals surface area contributed by atoms with Gasteiger partial charge in [-0.3, -0.25) is 9.36 Å². The minimum absolute atomic E-state index is 0.0147. The molecular formula is C16H19N3O2. The molecule has 0 bridgehead atoms. The highest BCUT2D eigenvalue weighted by Crippen LogP contribution is 2.40. The van der Waals surface area contributed by atoms with Crippen molar-refractivity contribution in [2.75, 3.05) is 0 Å². The van der Waals surface area contributed by atoms with Crippen LogP contribution in [0.1, 0.15) is 30.8 Å². The summed E-state index contributed by atoms with van der Waals surface area (Å²) in [6, 6.07) is 9.60. The molecular weight excluding hydrogens is 266 g/mol. The Morgan fingerprint density at radius 1 is 1.38 bits per heavy atom. The van der Waals surface area contributed by atoms with Crippen molar-refractivity contribution in [1.82, 2.24) is 14.9 Å². The van der Waals surface area contributed by atoms with Gasteiger partial charge in [0.15, 0.2) is 0 Å². The average molecular weight is 285 g/mol. The molecule has 1 aromatic carbocycles. The number of para-hydroxylation sites is 1. The van der Waals surface area contributed by atoms with Crippen LogP contribution in [0.2, 0.25) is 0 Å². The van der Waals surface area contributed by atoms with Gasteiger partial charge < -0.3 is 10.4 Å². The fraction of sp³-hybridized carbons (Fsp3) is 0.375. The number of imidazole rings is 1. The summed E-state index contributed by atoms with van der Waals surface area (Å²) in [6.45, 7) is 3.92. The molecule has 2 aromatic rings. The van der Waals surface area contributed by atoms with E-state index < -0.39 is 0 Å². The Balaban J connectivity index is 1.80. The molecule has 0 saturated heterocycles. The van der Waals surface area contributed by atoms with Gasteiger partial charge in [-0.25, -0.2) is 4.98 Å². The zero-order valence-corrected chi connectivity index (χ0v) is 12.2. The van der Waals surface area contributed by atoms with E-state index in [4.69, 9.17) is 0 Å². The summed E-state index contributed by atoms with van der Waals surface area (Å²) in [4.78, 5) is 16.5. The summed E-state index contributed by atoms with van der Waals surface area (Å²) in [5.41, 5.74) is 1.11. The lowest BCUT2D eigenvalue weighted by Crippen LogP contribution is -2.61. The molecule has 1 aliphatic carbocycles. The molecule has 2 N–H and O–H groups in total. The first-order chi connectivity index (χ1) is 10.00. The molecule has 0 radical (unpaired) electrons. The van der Waals surface area contributed by atoms with Gasteiger partial charge in [0.1, 0.15) is 5.69 Å². The number of amides is 1. The van der Waals surface area contributed by atoms with Crippen LogP contribution in [0, 0.1) is 5.41 Å². The summed E-state index contributed by atoms with van der Waals surface area (Å²) in [7, 11) is 0. The van der Waals surface area contributed by atoms with E-state index in [1.54, 1.807) is 17.1 Å². The van der Waals surface area contributed by atoms with E-state index in [1.165, 1.54) is 0 Å². The quantitative estimate of drug-likeness (QED) is 0.903. The molecule has 1 amide bonds. The predicted molar refractivity (Wildman–Crippen MR) is 79.2 cm³/mol. The van der Waals surface area contributed by atoms with Crippen LogP contribution in [0.25, 0.3) is 5.69 Å². The van der Waals surface area contributed by atoms with Crippen molar-refractivity contribution in [3.63, 3.8) is 0 Å². The minimum Gasteiger partial charge on any atom is -0.392 e.